The van der Waals surface area contributed by atoms with Gasteiger partial charge < -0.3 is 33.9 Å². The molecule has 0 bridgehead atoms. The van der Waals surface area contributed by atoms with Crippen LogP contribution >= 0.6 is 15.9 Å². The molecule has 0 radical (unpaired) electrons. The van der Waals surface area contributed by atoms with Gasteiger partial charge in [0.15, 0.2) is 6.29 Å². The van der Waals surface area contributed by atoms with Crippen LogP contribution in [0.3, 0.4) is 0 Å². The summed E-state index contributed by atoms with van der Waals surface area (Å²) in [5.41, 5.74) is -0.823. The lowest BCUT2D eigenvalue weighted by Crippen LogP contribution is -2.25. The number of cyclic esters (lactones) is 1. The zero-order chi connectivity index (χ0) is 43.8. The number of hydrogen-bond donors (Lipinski definition) is 2. The van der Waals surface area contributed by atoms with Gasteiger partial charge in [-0.05, 0) is 154 Å². The van der Waals surface area contributed by atoms with Crippen molar-refractivity contribution >= 4 is 58.0 Å². The smallest absolute Gasteiger partial charge is 0.341 e. The summed E-state index contributed by atoms with van der Waals surface area (Å²) >= 11 is 3.29. The lowest BCUT2D eigenvalue weighted by molar-refractivity contribution is -0.0548. The van der Waals surface area contributed by atoms with E-state index >= 15 is 0 Å². The van der Waals surface area contributed by atoms with Crippen molar-refractivity contribution in [1.82, 2.24) is 0 Å². The van der Waals surface area contributed by atoms with Gasteiger partial charge in [0.1, 0.15) is 22.4 Å². The number of carbonyl (C=O) groups excluding carboxylic acids is 6. The molecule has 14 nitrogen and oxygen atoms in total. The summed E-state index contributed by atoms with van der Waals surface area (Å²) in [5.74, 6) is -3.77. The highest BCUT2D eigenvalue weighted by atomic mass is 79.9. The topological polar surface area (TPSA) is 206 Å². The number of carbonyl (C=O) groups is 7. The molecule has 4 rings (SSSR count). The summed E-state index contributed by atoms with van der Waals surface area (Å²) in [5, 5.41) is 17.9. The van der Waals surface area contributed by atoms with Crippen LogP contribution in [0.5, 0.6) is 0 Å². The number of rotatable bonds is 6. The average molecular weight is 858 g/mol. The Labute approximate surface area is 339 Å². The molecule has 57 heavy (non-hydrogen) atoms. The molecule has 0 aliphatic carbocycles. The Balaban J connectivity index is 0.000000302. The lowest BCUT2D eigenvalue weighted by Gasteiger charge is -2.21. The summed E-state index contributed by atoms with van der Waals surface area (Å²) in [6, 6.07) is 12.7. The second-order valence-electron chi connectivity index (χ2n) is 16.5. The minimum absolute atomic E-state index is 0.0149. The van der Waals surface area contributed by atoms with Crippen molar-refractivity contribution in [3.8, 4) is 0 Å². The number of carboxylic acid groups (broad SMARTS) is 1. The van der Waals surface area contributed by atoms with Crippen LogP contribution in [0.25, 0.3) is 0 Å². The van der Waals surface area contributed by atoms with E-state index in [4.69, 9.17) is 24.1 Å². The van der Waals surface area contributed by atoms with Crippen molar-refractivity contribution in [3.05, 3.63) is 104 Å². The Morgan fingerprint density at radius 2 is 1.02 bits per heavy atom. The summed E-state index contributed by atoms with van der Waals surface area (Å²) in [4.78, 5) is 80.8. The van der Waals surface area contributed by atoms with E-state index in [2.05, 4.69) is 20.7 Å². The number of carboxylic acids is 1. The van der Waals surface area contributed by atoms with Gasteiger partial charge in [0.2, 0.25) is 6.29 Å². The quantitative estimate of drug-likeness (QED) is 0.136. The molecule has 1 heterocycles. The summed E-state index contributed by atoms with van der Waals surface area (Å²) < 4.78 is 26.0. The van der Waals surface area contributed by atoms with Crippen molar-refractivity contribution in [2.75, 3.05) is 0 Å². The van der Waals surface area contributed by atoms with Gasteiger partial charge in [-0.2, -0.15) is 0 Å². The molecule has 1 unspecified atom stereocenters. The molecule has 0 amide bonds. The molecule has 0 fully saturated rings. The van der Waals surface area contributed by atoms with Gasteiger partial charge in [-0.15, -0.1) is 0 Å². The van der Waals surface area contributed by atoms with Gasteiger partial charge in [-0.25, -0.2) is 28.8 Å². The van der Waals surface area contributed by atoms with Crippen LogP contribution in [-0.2, 0) is 23.7 Å². The maximum absolute atomic E-state index is 12.1. The lowest BCUT2D eigenvalue weighted by atomic mass is 10.0. The van der Waals surface area contributed by atoms with Crippen LogP contribution in [0.15, 0.2) is 59.1 Å². The minimum atomic E-state index is -1.35. The van der Waals surface area contributed by atoms with Crippen molar-refractivity contribution in [3.63, 3.8) is 0 Å². The highest BCUT2D eigenvalue weighted by Gasteiger charge is 2.30. The SMILES string of the molecule is CC(C)(C)OC(=O)c1ccc(C(=O)OC(C)(C)C)c(Br)c1.CC(C)(C)OC(=O)c1ccc(C(=O)OC(C)(C)C)c(C=O)c1.O=C(O)c1ccc2c(c1)C(O)OC2=O. The molecule has 1 atom stereocenters. The van der Waals surface area contributed by atoms with Crippen LogP contribution in [-0.4, -0.2) is 74.7 Å². The predicted molar refractivity (Wildman–Crippen MR) is 210 cm³/mol. The number of benzene rings is 3. The highest BCUT2D eigenvalue weighted by Crippen LogP contribution is 2.29. The first kappa shape index (κ1) is 47.7. The first-order valence-electron chi connectivity index (χ1n) is 17.5. The Kier molecular flexibility index (Phi) is 15.7. The third-order valence-corrected chi connectivity index (χ3v) is 7.31. The molecular weight excluding hydrogens is 808 g/mol. The largest absolute Gasteiger partial charge is 0.478 e. The fourth-order valence-electron chi connectivity index (χ4n) is 4.44. The maximum Gasteiger partial charge on any atom is 0.341 e. The van der Waals surface area contributed by atoms with Gasteiger partial charge in [0.25, 0.3) is 0 Å². The fourth-order valence-corrected chi connectivity index (χ4v) is 4.98. The molecular formula is C42H49BrO14. The molecule has 0 spiro atoms. The van der Waals surface area contributed by atoms with E-state index in [1.807, 2.05) is 0 Å². The Morgan fingerprint density at radius 1 is 0.614 bits per heavy atom. The first-order chi connectivity index (χ1) is 25.9. The zero-order valence-electron chi connectivity index (χ0n) is 34.0. The third-order valence-electron chi connectivity index (χ3n) is 6.66. The van der Waals surface area contributed by atoms with E-state index in [1.54, 1.807) is 101 Å². The zero-order valence-corrected chi connectivity index (χ0v) is 35.6. The van der Waals surface area contributed by atoms with Crippen LogP contribution in [0.2, 0.25) is 0 Å². The summed E-state index contributed by atoms with van der Waals surface area (Å²) in [6.45, 7) is 21.3. The number of aldehydes is 1. The van der Waals surface area contributed by atoms with Crippen molar-refractivity contribution in [2.45, 2.75) is 112 Å². The summed E-state index contributed by atoms with van der Waals surface area (Å²) in [6.07, 6.45) is -0.829. The van der Waals surface area contributed by atoms with E-state index < -0.39 is 64.5 Å². The molecule has 15 heteroatoms. The number of hydrogen-bond acceptors (Lipinski definition) is 13. The molecule has 308 valence electrons. The van der Waals surface area contributed by atoms with E-state index in [0.29, 0.717) is 21.9 Å². The van der Waals surface area contributed by atoms with Crippen molar-refractivity contribution < 1.29 is 67.5 Å². The number of fused-ring (bicyclic) bond motifs is 1. The highest BCUT2D eigenvalue weighted by molar-refractivity contribution is 9.10. The van der Waals surface area contributed by atoms with E-state index in [-0.39, 0.29) is 33.4 Å². The number of halogens is 1. The number of esters is 5. The fraction of sp³-hybridized carbons (Fsp3) is 0.405. The summed E-state index contributed by atoms with van der Waals surface area (Å²) in [7, 11) is 0. The van der Waals surface area contributed by atoms with Crippen LogP contribution in [0, 0.1) is 0 Å². The predicted octanol–water partition coefficient (Wildman–Crippen LogP) is 8.32. The number of aliphatic hydroxyl groups is 1. The number of ether oxygens (including phenoxy) is 5. The van der Waals surface area contributed by atoms with Gasteiger partial charge in [-0.3, -0.25) is 4.79 Å². The molecule has 1 aliphatic rings. The first-order valence-corrected chi connectivity index (χ1v) is 18.3. The van der Waals surface area contributed by atoms with E-state index in [0.717, 1.165) is 0 Å². The molecule has 3 aromatic rings. The van der Waals surface area contributed by atoms with Gasteiger partial charge in [0.05, 0.1) is 33.4 Å². The van der Waals surface area contributed by atoms with Crippen molar-refractivity contribution in [1.29, 1.82) is 0 Å². The minimum Gasteiger partial charge on any atom is -0.478 e. The normalized spacial score (nSPS) is 13.6. The molecule has 2 N–H and O–H groups in total. The maximum atomic E-state index is 12.1. The monoisotopic (exact) mass is 856 g/mol. The average Bonchev–Trinajstić information content (AvgIpc) is 3.33. The van der Waals surface area contributed by atoms with Crippen LogP contribution < -0.4 is 0 Å². The van der Waals surface area contributed by atoms with Crippen LogP contribution in [0.4, 0.5) is 0 Å². The molecule has 0 saturated carbocycles. The third kappa shape index (κ3) is 15.6. The number of aliphatic hydroxyl groups excluding tert-OH is 1. The Bertz CT molecular complexity index is 2020. The molecule has 0 aromatic heterocycles. The molecule has 0 saturated heterocycles. The standard InChI is InChI=1S/C17H22O5.C16H21BrO4.C9H6O5/c1-16(2,3)21-14(19)11-7-8-13(12(9-11)10-18)15(20)22-17(4,5)6;1-15(2,3)20-13(18)10-7-8-11(12(17)9-10)14(19)21-16(4,5)6;10-7(11)4-1-2-5-6(3-4)9(13)14-8(5)12/h7-10H,1-6H3;7-9H,1-6H3;1-3,9,13H,(H,10,11). The molecule has 1 aliphatic heterocycles. The number of aromatic carboxylic acids is 1. The van der Waals surface area contributed by atoms with Crippen molar-refractivity contribution in [2.24, 2.45) is 0 Å². The molecule has 3 aromatic carbocycles. The van der Waals surface area contributed by atoms with E-state index in [9.17, 15) is 38.7 Å². The van der Waals surface area contributed by atoms with Gasteiger partial charge >= 0.3 is 35.8 Å². The second-order valence-corrected chi connectivity index (χ2v) is 17.3. The van der Waals surface area contributed by atoms with E-state index in [1.165, 1.54) is 36.4 Å². The Hall–Kier alpha value is -5.41. The van der Waals surface area contributed by atoms with Gasteiger partial charge in [-0.1, -0.05) is 0 Å². The second kappa shape index (κ2) is 18.7. The van der Waals surface area contributed by atoms with Crippen LogP contribution in [0.1, 0.15) is 167 Å². The van der Waals surface area contributed by atoms with Gasteiger partial charge in [0, 0.05) is 15.6 Å². The Morgan fingerprint density at radius 3 is 1.44 bits per heavy atom.